The van der Waals surface area contributed by atoms with Crippen LogP contribution in [-0.2, 0) is 5.41 Å². The van der Waals surface area contributed by atoms with Crippen molar-refractivity contribution in [2.24, 2.45) is 0 Å². The van der Waals surface area contributed by atoms with E-state index in [4.69, 9.17) is 0 Å². The molecule has 1 rings (SSSR count). The molecule has 0 atom stereocenters. The summed E-state index contributed by atoms with van der Waals surface area (Å²) in [7, 11) is 0. The highest BCUT2D eigenvalue weighted by Crippen LogP contribution is 2.31. The molecular formula is C11H16FNO2. The Hall–Kier alpha value is -1.45. The van der Waals surface area contributed by atoms with Crippen molar-refractivity contribution in [3.05, 3.63) is 39.7 Å². The fraction of sp³-hybridized carbons (Fsp3) is 0.455. The molecule has 0 aliphatic rings. The zero-order chi connectivity index (χ0) is 10.9. The Morgan fingerprint density at radius 2 is 1.87 bits per heavy atom. The summed E-state index contributed by atoms with van der Waals surface area (Å²) >= 11 is 0. The van der Waals surface area contributed by atoms with Gasteiger partial charge in [-0.25, -0.2) is 4.39 Å². The van der Waals surface area contributed by atoms with Gasteiger partial charge in [0.2, 0.25) is 0 Å². The summed E-state index contributed by atoms with van der Waals surface area (Å²) < 4.78 is 12.8. The van der Waals surface area contributed by atoms with Crippen LogP contribution >= 0.6 is 0 Å². The van der Waals surface area contributed by atoms with E-state index >= 15 is 0 Å². The third-order valence-corrected chi connectivity index (χ3v) is 1.96. The number of rotatable bonds is 1. The van der Waals surface area contributed by atoms with Crippen LogP contribution in [0.4, 0.5) is 10.1 Å². The topological polar surface area (TPSA) is 43.1 Å². The number of benzene rings is 1. The number of hydrogen-bond acceptors (Lipinski definition) is 2. The molecular weight excluding hydrogens is 197 g/mol. The van der Waals surface area contributed by atoms with Crippen LogP contribution in [0.2, 0.25) is 0 Å². The maximum Gasteiger partial charge on any atom is 0.276 e. The second-order valence-corrected chi connectivity index (χ2v) is 4.17. The minimum Gasteiger partial charge on any atom is -0.258 e. The molecule has 0 aliphatic carbocycles. The molecule has 0 unspecified atom stereocenters. The van der Waals surface area contributed by atoms with Crippen molar-refractivity contribution in [2.45, 2.75) is 33.6 Å². The summed E-state index contributed by atoms with van der Waals surface area (Å²) in [4.78, 5) is 10.1. The molecule has 0 N–H and O–H groups in total. The first-order valence-electron chi connectivity index (χ1n) is 4.27. The normalized spacial score (nSPS) is 10.7. The number of nitro groups is 1. The Labute approximate surface area is 89.1 Å². The van der Waals surface area contributed by atoms with Crippen LogP contribution < -0.4 is 0 Å². The van der Waals surface area contributed by atoms with E-state index in [0.717, 1.165) is 6.07 Å². The molecule has 0 amide bonds. The van der Waals surface area contributed by atoms with Gasteiger partial charge >= 0.3 is 0 Å². The van der Waals surface area contributed by atoms with Gasteiger partial charge in [-0.05, 0) is 17.5 Å². The second kappa shape index (κ2) is 4.38. The lowest BCUT2D eigenvalue weighted by atomic mass is 9.86. The van der Waals surface area contributed by atoms with E-state index < -0.39 is 10.7 Å². The Balaban J connectivity index is 0.00000196. The maximum atomic E-state index is 12.8. The van der Waals surface area contributed by atoms with Gasteiger partial charge in [-0.15, -0.1) is 0 Å². The van der Waals surface area contributed by atoms with Gasteiger partial charge in [0.25, 0.3) is 5.69 Å². The highest BCUT2D eigenvalue weighted by Gasteiger charge is 2.24. The lowest BCUT2D eigenvalue weighted by Crippen LogP contribution is -2.13. The van der Waals surface area contributed by atoms with Crippen LogP contribution in [0.3, 0.4) is 0 Å². The molecule has 0 bridgehead atoms. The summed E-state index contributed by atoms with van der Waals surface area (Å²) in [5.41, 5.74) is 0.0391. The number of hydrogen-bond donors (Lipinski definition) is 0. The molecule has 15 heavy (non-hydrogen) atoms. The van der Waals surface area contributed by atoms with Crippen LogP contribution in [0.5, 0.6) is 0 Å². The van der Waals surface area contributed by atoms with Crippen molar-refractivity contribution in [1.29, 1.82) is 0 Å². The molecule has 1 aromatic rings. The van der Waals surface area contributed by atoms with Crippen molar-refractivity contribution >= 4 is 5.69 Å². The van der Waals surface area contributed by atoms with Crippen molar-refractivity contribution < 1.29 is 9.31 Å². The van der Waals surface area contributed by atoms with Gasteiger partial charge in [-0.2, -0.15) is 0 Å². The molecule has 0 fully saturated rings. The maximum absolute atomic E-state index is 12.8. The van der Waals surface area contributed by atoms with Crippen LogP contribution in [-0.4, -0.2) is 4.92 Å². The molecule has 0 radical (unpaired) electrons. The average molecular weight is 213 g/mol. The van der Waals surface area contributed by atoms with E-state index in [1.807, 2.05) is 20.8 Å². The molecule has 84 valence electrons. The van der Waals surface area contributed by atoms with E-state index in [2.05, 4.69) is 0 Å². The highest BCUT2D eigenvalue weighted by atomic mass is 19.1. The smallest absolute Gasteiger partial charge is 0.258 e. The van der Waals surface area contributed by atoms with Crippen LogP contribution in [0.15, 0.2) is 18.2 Å². The monoisotopic (exact) mass is 213 g/mol. The standard InChI is InChI=1S/C10H12FNO2.CH4/c1-10(2,3)8-5-4-7(11)6-9(8)12(13)14;/h4-6H,1-3H3;1H4. The van der Waals surface area contributed by atoms with Crippen LogP contribution in [0.25, 0.3) is 0 Å². The zero-order valence-corrected chi connectivity index (χ0v) is 8.37. The van der Waals surface area contributed by atoms with Crippen molar-refractivity contribution in [1.82, 2.24) is 0 Å². The van der Waals surface area contributed by atoms with Gasteiger partial charge < -0.3 is 0 Å². The van der Waals surface area contributed by atoms with E-state index in [0.29, 0.717) is 5.56 Å². The molecule has 0 aromatic heterocycles. The lowest BCUT2D eigenvalue weighted by Gasteiger charge is -2.18. The minimum atomic E-state index is -0.579. The number of nitrogens with zero attached hydrogens (tertiary/aromatic N) is 1. The Morgan fingerprint density at radius 3 is 2.27 bits per heavy atom. The highest BCUT2D eigenvalue weighted by molar-refractivity contribution is 5.44. The van der Waals surface area contributed by atoms with Gasteiger partial charge in [-0.3, -0.25) is 10.1 Å². The number of halogens is 1. The Kier molecular flexibility index (Phi) is 3.96. The minimum absolute atomic E-state index is 0. The van der Waals surface area contributed by atoms with E-state index in [-0.39, 0.29) is 18.5 Å². The van der Waals surface area contributed by atoms with Crippen LogP contribution in [0.1, 0.15) is 33.8 Å². The zero-order valence-electron chi connectivity index (χ0n) is 8.37. The summed E-state index contributed by atoms with van der Waals surface area (Å²) in [6.45, 7) is 5.56. The fourth-order valence-electron chi connectivity index (χ4n) is 1.29. The second-order valence-electron chi connectivity index (χ2n) is 4.17. The summed E-state index contributed by atoms with van der Waals surface area (Å²) in [6.07, 6.45) is 0. The molecule has 0 aliphatic heterocycles. The first-order valence-corrected chi connectivity index (χ1v) is 4.27. The fourth-order valence-corrected chi connectivity index (χ4v) is 1.29. The van der Waals surface area contributed by atoms with E-state index in [1.54, 1.807) is 0 Å². The molecule has 0 saturated carbocycles. The van der Waals surface area contributed by atoms with Gasteiger partial charge in [0.1, 0.15) is 5.82 Å². The molecule has 4 heteroatoms. The number of nitro benzene ring substituents is 1. The quantitative estimate of drug-likeness (QED) is 0.527. The molecule has 1 aromatic carbocycles. The van der Waals surface area contributed by atoms with Crippen molar-refractivity contribution in [2.75, 3.05) is 0 Å². The summed E-state index contributed by atoms with van der Waals surface area (Å²) in [6, 6.07) is 3.67. The molecule has 0 heterocycles. The molecule has 0 saturated heterocycles. The first-order chi connectivity index (χ1) is 6.32. The van der Waals surface area contributed by atoms with Crippen LogP contribution in [0, 0.1) is 15.9 Å². The largest absolute Gasteiger partial charge is 0.276 e. The molecule has 0 spiro atoms. The average Bonchev–Trinajstić information content (AvgIpc) is 2.01. The van der Waals surface area contributed by atoms with Gasteiger partial charge in [0.05, 0.1) is 11.0 Å². The Morgan fingerprint density at radius 1 is 1.33 bits per heavy atom. The lowest BCUT2D eigenvalue weighted by molar-refractivity contribution is -0.386. The first kappa shape index (κ1) is 13.5. The summed E-state index contributed by atoms with van der Waals surface area (Å²) in [5, 5.41) is 10.7. The molecule has 3 nitrogen and oxygen atoms in total. The van der Waals surface area contributed by atoms with E-state index in [1.165, 1.54) is 12.1 Å². The van der Waals surface area contributed by atoms with E-state index in [9.17, 15) is 14.5 Å². The van der Waals surface area contributed by atoms with Crippen molar-refractivity contribution in [3.63, 3.8) is 0 Å². The van der Waals surface area contributed by atoms with Gasteiger partial charge in [-0.1, -0.05) is 28.2 Å². The summed E-state index contributed by atoms with van der Waals surface area (Å²) in [5.74, 6) is -0.579. The van der Waals surface area contributed by atoms with Gasteiger partial charge in [0.15, 0.2) is 0 Å². The third kappa shape index (κ3) is 3.01. The van der Waals surface area contributed by atoms with Gasteiger partial charge in [0, 0.05) is 5.56 Å². The SMILES string of the molecule is C.CC(C)(C)c1ccc(F)cc1[N+](=O)[O-]. The third-order valence-electron chi connectivity index (χ3n) is 1.96. The predicted octanol–water partition coefficient (Wildman–Crippen LogP) is 3.67. The van der Waals surface area contributed by atoms with Crippen molar-refractivity contribution in [3.8, 4) is 0 Å². The predicted molar refractivity (Wildman–Crippen MR) is 58.5 cm³/mol. The Bertz CT molecular complexity index is 369.